The van der Waals surface area contributed by atoms with E-state index in [1.807, 2.05) is 32.9 Å². The van der Waals surface area contributed by atoms with Gasteiger partial charge in [-0.25, -0.2) is 4.98 Å². The van der Waals surface area contributed by atoms with Crippen LogP contribution in [0.5, 0.6) is 0 Å². The van der Waals surface area contributed by atoms with Gasteiger partial charge < -0.3 is 5.32 Å². The van der Waals surface area contributed by atoms with Crippen LogP contribution in [0.25, 0.3) is 11.7 Å². The topological polar surface area (TPSA) is 66.7 Å². The molecule has 29 heavy (non-hydrogen) atoms. The predicted molar refractivity (Wildman–Crippen MR) is 124 cm³/mol. The van der Waals surface area contributed by atoms with Crippen LogP contribution >= 0.6 is 24.0 Å². The third kappa shape index (κ3) is 4.53. The predicted octanol–water partition coefficient (Wildman–Crippen LogP) is 3.93. The zero-order chi connectivity index (χ0) is 21.3. The van der Waals surface area contributed by atoms with Crippen LogP contribution in [0.2, 0.25) is 0 Å². The molecule has 0 aromatic carbocycles. The van der Waals surface area contributed by atoms with E-state index in [1.54, 1.807) is 17.2 Å². The highest BCUT2D eigenvalue weighted by atomic mass is 32.2. The molecule has 0 atom stereocenters. The summed E-state index contributed by atoms with van der Waals surface area (Å²) in [6.07, 6.45) is 3.33. The number of hydrogen-bond acceptors (Lipinski definition) is 6. The van der Waals surface area contributed by atoms with Crippen LogP contribution in [0.15, 0.2) is 28.0 Å². The maximum atomic E-state index is 13.3. The number of thioether (sulfide) groups is 1. The molecule has 0 saturated carbocycles. The lowest BCUT2D eigenvalue weighted by Crippen LogP contribution is -2.31. The van der Waals surface area contributed by atoms with Gasteiger partial charge in [0.15, 0.2) is 0 Å². The largest absolute Gasteiger partial charge is 0.369 e. The number of amides is 1. The molecule has 154 valence electrons. The van der Waals surface area contributed by atoms with Crippen LogP contribution in [0.3, 0.4) is 0 Å². The van der Waals surface area contributed by atoms with Gasteiger partial charge >= 0.3 is 0 Å². The molecule has 3 heterocycles. The standard InChI is InChI=1S/C21H26N4O2S2/c1-12(2)10-22-17-15(19(26)24-8-6-7-14(5)18(24)23-17)9-16-20(27)25(11-13(3)4)21(28)29-16/h6-9,12-13,22H,10-11H2,1-5H3. The molecule has 1 saturated heterocycles. The number of nitrogens with one attached hydrogen (secondary N) is 1. The number of thiocarbonyl (C=S) groups is 1. The molecule has 1 fully saturated rings. The summed E-state index contributed by atoms with van der Waals surface area (Å²) in [6, 6.07) is 3.74. The van der Waals surface area contributed by atoms with Crippen molar-refractivity contribution >= 4 is 51.7 Å². The highest BCUT2D eigenvalue weighted by Crippen LogP contribution is 2.33. The van der Waals surface area contributed by atoms with E-state index < -0.39 is 0 Å². The van der Waals surface area contributed by atoms with Crippen LogP contribution in [0.1, 0.15) is 38.8 Å². The molecule has 1 aliphatic rings. The zero-order valence-corrected chi connectivity index (χ0v) is 19.0. The van der Waals surface area contributed by atoms with Gasteiger partial charge in [-0.05, 0) is 36.5 Å². The average Bonchev–Trinajstić information content (AvgIpc) is 2.90. The second kappa shape index (κ2) is 8.67. The molecule has 3 rings (SSSR count). The fourth-order valence-electron chi connectivity index (χ4n) is 3.03. The summed E-state index contributed by atoms with van der Waals surface area (Å²) in [6.45, 7) is 11.4. The first-order chi connectivity index (χ1) is 13.7. The summed E-state index contributed by atoms with van der Waals surface area (Å²) >= 11 is 6.62. The molecular formula is C21H26N4O2S2. The van der Waals surface area contributed by atoms with Crippen LogP contribution in [-0.2, 0) is 4.79 Å². The van der Waals surface area contributed by atoms with Crippen molar-refractivity contribution in [1.82, 2.24) is 14.3 Å². The molecule has 2 aromatic rings. The lowest BCUT2D eigenvalue weighted by molar-refractivity contribution is -0.122. The summed E-state index contributed by atoms with van der Waals surface area (Å²) in [5.41, 5.74) is 1.68. The molecule has 1 amide bonds. The SMILES string of the molecule is Cc1cccn2c(=O)c(C=C3SC(=S)N(CC(C)C)C3=O)c(NCC(C)C)nc12. The normalized spacial score (nSPS) is 16.1. The quantitative estimate of drug-likeness (QED) is 0.553. The van der Waals surface area contributed by atoms with Crippen LogP contribution in [0.4, 0.5) is 5.82 Å². The Labute approximate surface area is 180 Å². The molecule has 0 bridgehead atoms. The number of hydrogen-bond donors (Lipinski definition) is 1. The number of rotatable bonds is 6. The maximum absolute atomic E-state index is 13.3. The second-order valence-corrected chi connectivity index (χ2v) is 9.70. The minimum Gasteiger partial charge on any atom is -0.369 e. The number of carbonyl (C=O) groups excluding carboxylic acids is 1. The molecular weight excluding hydrogens is 404 g/mol. The number of aromatic nitrogens is 2. The van der Waals surface area contributed by atoms with Gasteiger partial charge in [0.25, 0.3) is 11.5 Å². The van der Waals surface area contributed by atoms with Gasteiger partial charge in [-0.1, -0.05) is 57.7 Å². The Balaban J connectivity index is 2.12. The Morgan fingerprint density at radius 3 is 2.62 bits per heavy atom. The van der Waals surface area contributed by atoms with Gasteiger partial charge in [0.05, 0.1) is 10.5 Å². The summed E-state index contributed by atoms with van der Waals surface area (Å²) in [4.78, 5) is 32.9. The molecule has 0 spiro atoms. The van der Waals surface area contributed by atoms with E-state index in [2.05, 4.69) is 19.2 Å². The van der Waals surface area contributed by atoms with Gasteiger partial charge in [-0.2, -0.15) is 0 Å². The van der Waals surface area contributed by atoms with E-state index in [0.29, 0.717) is 51.2 Å². The number of pyridine rings is 1. The monoisotopic (exact) mass is 430 g/mol. The lowest BCUT2D eigenvalue weighted by atomic mass is 10.2. The third-order valence-corrected chi connectivity index (χ3v) is 5.84. The Morgan fingerprint density at radius 2 is 1.97 bits per heavy atom. The summed E-state index contributed by atoms with van der Waals surface area (Å²) in [5.74, 6) is 1.02. The van der Waals surface area contributed by atoms with Crippen molar-refractivity contribution in [2.45, 2.75) is 34.6 Å². The molecule has 8 heteroatoms. The number of anilines is 1. The fraction of sp³-hybridized carbons (Fsp3) is 0.429. The second-order valence-electron chi connectivity index (χ2n) is 8.02. The number of carbonyl (C=O) groups is 1. The summed E-state index contributed by atoms with van der Waals surface area (Å²) < 4.78 is 2.05. The van der Waals surface area contributed by atoms with Crippen LogP contribution < -0.4 is 10.9 Å². The number of aryl methyl sites for hydroxylation is 1. The molecule has 1 N–H and O–H groups in total. The molecule has 6 nitrogen and oxygen atoms in total. The minimum absolute atomic E-state index is 0.155. The fourth-order valence-corrected chi connectivity index (χ4v) is 4.29. The summed E-state index contributed by atoms with van der Waals surface area (Å²) in [7, 11) is 0. The highest BCUT2D eigenvalue weighted by Gasteiger charge is 2.32. The smallest absolute Gasteiger partial charge is 0.267 e. The Morgan fingerprint density at radius 1 is 1.24 bits per heavy atom. The Kier molecular flexibility index (Phi) is 6.43. The van der Waals surface area contributed by atoms with E-state index in [0.717, 1.165) is 5.56 Å². The number of fused-ring (bicyclic) bond motifs is 1. The van der Waals surface area contributed by atoms with Crippen LogP contribution in [0, 0.1) is 18.8 Å². The first-order valence-electron chi connectivity index (χ1n) is 9.70. The van der Waals surface area contributed by atoms with Crippen molar-refractivity contribution in [2.75, 3.05) is 18.4 Å². The van der Waals surface area contributed by atoms with E-state index in [9.17, 15) is 9.59 Å². The van der Waals surface area contributed by atoms with Crippen molar-refractivity contribution < 1.29 is 4.79 Å². The van der Waals surface area contributed by atoms with Crippen molar-refractivity contribution in [1.29, 1.82) is 0 Å². The molecule has 1 aliphatic heterocycles. The van der Waals surface area contributed by atoms with Crippen molar-refractivity contribution in [2.24, 2.45) is 11.8 Å². The minimum atomic E-state index is -0.209. The summed E-state index contributed by atoms with van der Waals surface area (Å²) in [5, 5.41) is 3.28. The van der Waals surface area contributed by atoms with Gasteiger partial charge in [0.2, 0.25) is 0 Å². The van der Waals surface area contributed by atoms with Crippen LogP contribution in [-0.4, -0.2) is 37.6 Å². The van der Waals surface area contributed by atoms with E-state index >= 15 is 0 Å². The molecule has 2 aromatic heterocycles. The molecule has 0 unspecified atom stereocenters. The van der Waals surface area contributed by atoms with Gasteiger partial charge in [-0.3, -0.25) is 18.9 Å². The van der Waals surface area contributed by atoms with E-state index in [-0.39, 0.29) is 11.5 Å². The van der Waals surface area contributed by atoms with E-state index in [1.165, 1.54) is 16.2 Å². The first-order valence-corrected chi connectivity index (χ1v) is 10.9. The van der Waals surface area contributed by atoms with Gasteiger partial charge in [0, 0.05) is 19.3 Å². The van der Waals surface area contributed by atoms with Crippen molar-refractivity contribution in [3.05, 3.63) is 44.7 Å². The highest BCUT2D eigenvalue weighted by molar-refractivity contribution is 8.26. The zero-order valence-electron chi connectivity index (χ0n) is 17.4. The first kappa shape index (κ1) is 21.5. The Bertz CT molecular complexity index is 1060. The van der Waals surface area contributed by atoms with Crippen molar-refractivity contribution in [3.63, 3.8) is 0 Å². The average molecular weight is 431 g/mol. The maximum Gasteiger partial charge on any atom is 0.267 e. The molecule has 0 aliphatic carbocycles. The Hall–Kier alpha value is -2.19. The van der Waals surface area contributed by atoms with E-state index in [4.69, 9.17) is 17.2 Å². The number of nitrogens with zero attached hydrogens (tertiary/aromatic N) is 3. The van der Waals surface area contributed by atoms with Gasteiger partial charge in [-0.15, -0.1) is 0 Å². The lowest BCUT2D eigenvalue weighted by Gasteiger charge is -2.16. The van der Waals surface area contributed by atoms with Gasteiger partial charge in [0.1, 0.15) is 15.8 Å². The molecule has 0 radical (unpaired) electrons. The van der Waals surface area contributed by atoms with Crippen molar-refractivity contribution in [3.8, 4) is 0 Å². The third-order valence-electron chi connectivity index (χ3n) is 4.46.